The summed E-state index contributed by atoms with van der Waals surface area (Å²) < 4.78 is 5.44. The maximum atomic E-state index is 9.10. The number of aliphatic hydroxyl groups excluding tert-OH is 1. The molecule has 2 aliphatic heterocycles. The molecule has 0 radical (unpaired) electrons. The molecule has 0 bridgehead atoms. The summed E-state index contributed by atoms with van der Waals surface area (Å²) >= 11 is 8.37. The van der Waals surface area contributed by atoms with Gasteiger partial charge in [0.1, 0.15) is 0 Å². The van der Waals surface area contributed by atoms with Crippen molar-refractivity contribution in [3.63, 3.8) is 0 Å². The molecule has 27 heavy (non-hydrogen) atoms. The maximum absolute atomic E-state index is 9.10. The number of piperazine rings is 1. The lowest BCUT2D eigenvalue weighted by Crippen LogP contribution is -2.47. The topological polar surface area (TPSA) is 64.6 Å². The fourth-order valence-corrected chi connectivity index (χ4v) is 5.13. The third-order valence-corrected chi connectivity index (χ3v) is 6.86. The van der Waals surface area contributed by atoms with Crippen LogP contribution in [-0.2, 0) is 4.74 Å². The largest absolute Gasteiger partial charge is 0.395 e. The van der Waals surface area contributed by atoms with Crippen molar-refractivity contribution in [1.82, 2.24) is 14.9 Å². The fraction of sp³-hybridized carbons (Fsp3) is 0.632. The molecule has 0 aliphatic carbocycles. The number of aromatic amines is 1. The molecule has 3 heterocycles. The molecule has 2 aromatic rings. The van der Waals surface area contributed by atoms with Crippen LogP contribution in [0.15, 0.2) is 17.3 Å². The van der Waals surface area contributed by atoms with E-state index < -0.39 is 0 Å². The molecule has 0 saturated carbocycles. The second-order valence-corrected chi connectivity index (χ2v) is 8.70. The molecular weight excluding hydrogens is 384 g/mol. The van der Waals surface area contributed by atoms with E-state index in [-0.39, 0.29) is 6.61 Å². The van der Waals surface area contributed by atoms with Crippen LogP contribution < -0.4 is 4.90 Å². The summed E-state index contributed by atoms with van der Waals surface area (Å²) in [5, 5.41) is 10.8. The number of ether oxygens (including phenoxy) is 1. The summed E-state index contributed by atoms with van der Waals surface area (Å²) in [5.74, 6) is 1.79. The zero-order chi connectivity index (χ0) is 18.6. The number of nitrogens with zero attached hydrogens (tertiary/aromatic N) is 3. The minimum absolute atomic E-state index is 0.217. The van der Waals surface area contributed by atoms with E-state index in [1.807, 2.05) is 6.07 Å². The van der Waals surface area contributed by atoms with E-state index in [1.165, 1.54) is 0 Å². The molecule has 0 unspecified atom stereocenters. The maximum Gasteiger partial charge on any atom is 0.166 e. The van der Waals surface area contributed by atoms with Gasteiger partial charge in [0.15, 0.2) is 5.16 Å². The van der Waals surface area contributed by atoms with E-state index in [4.69, 9.17) is 26.4 Å². The smallest absolute Gasteiger partial charge is 0.166 e. The van der Waals surface area contributed by atoms with Crippen molar-refractivity contribution in [3.05, 3.63) is 17.2 Å². The van der Waals surface area contributed by atoms with E-state index in [0.29, 0.717) is 5.92 Å². The van der Waals surface area contributed by atoms with Crippen LogP contribution in [-0.4, -0.2) is 78.3 Å². The number of β-amino-alcohol motifs (C(OH)–C–C–N with tert-alkyl or cyclic N) is 1. The number of hydrogen-bond donors (Lipinski definition) is 2. The Morgan fingerprint density at radius 2 is 2.00 bits per heavy atom. The van der Waals surface area contributed by atoms with Crippen molar-refractivity contribution >= 4 is 40.1 Å². The molecule has 0 atom stereocenters. The highest BCUT2D eigenvalue weighted by atomic mass is 35.5. The summed E-state index contributed by atoms with van der Waals surface area (Å²) in [6, 6.07) is 4.10. The van der Waals surface area contributed by atoms with Crippen LogP contribution in [0.1, 0.15) is 12.8 Å². The lowest BCUT2D eigenvalue weighted by atomic mass is 10.0. The van der Waals surface area contributed by atoms with Gasteiger partial charge < -0.3 is 19.7 Å². The summed E-state index contributed by atoms with van der Waals surface area (Å²) in [7, 11) is 0. The Morgan fingerprint density at radius 3 is 2.74 bits per heavy atom. The average molecular weight is 411 g/mol. The van der Waals surface area contributed by atoms with Crippen LogP contribution in [0.2, 0.25) is 5.02 Å². The minimum atomic E-state index is 0.217. The first-order chi connectivity index (χ1) is 13.2. The van der Waals surface area contributed by atoms with Crippen molar-refractivity contribution in [2.45, 2.75) is 18.0 Å². The second-order valence-electron chi connectivity index (χ2n) is 7.28. The number of rotatable bonds is 6. The summed E-state index contributed by atoms with van der Waals surface area (Å²) in [4.78, 5) is 12.8. The number of halogens is 1. The van der Waals surface area contributed by atoms with Gasteiger partial charge in [0.2, 0.25) is 0 Å². The molecule has 2 aliphatic rings. The standard InChI is InChI=1S/C19H27ClN4O2S/c20-15-11-16-17(12-18(15)24-5-3-23(4-6-24)7-8-25)22-19(21-16)27-13-14-1-9-26-10-2-14/h11-12,14,25H,1-10,13H2,(H,21,22). The highest BCUT2D eigenvalue weighted by Crippen LogP contribution is 2.33. The van der Waals surface area contributed by atoms with Crippen LogP contribution in [0, 0.1) is 5.92 Å². The van der Waals surface area contributed by atoms with Crippen LogP contribution in [0.25, 0.3) is 11.0 Å². The summed E-state index contributed by atoms with van der Waals surface area (Å²) in [5.41, 5.74) is 3.03. The van der Waals surface area contributed by atoms with E-state index in [2.05, 4.69) is 20.9 Å². The van der Waals surface area contributed by atoms with Crippen LogP contribution in [0.5, 0.6) is 0 Å². The Labute approximate surface area is 169 Å². The highest BCUT2D eigenvalue weighted by molar-refractivity contribution is 7.99. The van der Waals surface area contributed by atoms with Gasteiger partial charge >= 0.3 is 0 Å². The van der Waals surface area contributed by atoms with Crippen LogP contribution in [0.4, 0.5) is 5.69 Å². The SMILES string of the molecule is OCCN1CCN(c2cc3nc(SCC4CCOCC4)[nH]c3cc2Cl)CC1. The van der Waals surface area contributed by atoms with Gasteiger partial charge in [0.05, 0.1) is 28.4 Å². The molecule has 1 aromatic carbocycles. The number of aliphatic hydroxyl groups is 1. The molecule has 4 rings (SSSR count). The normalized spacial score (nSPS) is 19.9. The lowest BCUT2D eigenvalue weighted by molar-refractivity contribution is 0.0728. The Morgan fingerprint density at radius 1 is 1.22 bits per heavy atom. The van der Waals surface area contributed by atoms with Gasteiger partial charge in [0.25, 0.3) is 0 Å². The van der Waals surface area contributed by atoms with Crippen molar-refractivity contribution in [1.29, 1.82) is 0 Å². The van der Waals surface area contributed by atoms with Crippen molar-refractivity contribution in [2.75, 3.05) is 63.2 Å². The number of H-pyrrole nitrogens is 1. The first-order valence-electron chi connectivity index (χ1n) is 9.71. The number of imidazole rings is 1. The van der Waals surface area contributed by atoms with Gasteiger partial charge in [-0.3, -0.25) is 4.90 Å². The number of aromatic nitrogens is 2. The monoisotopic (exact) mass is 410 g/mol. The molecule has 6 nitrogen and oxygen atoms in total. The molecule has 0 spiro atoms. The first-order valence-corrected chi connectivity index (χ1v) is 11.1. The number of hydrogen-bond acceptors (Lipinski definition) is 6. The Hall–Kier alpha value is -0.990. The average Bonchev–Trinajstić information content (AvgIpc) is 3.09. The van der Waals surface area contributed by atoms with Gasteiger partial charge in [0, 0.05) is 51.7 Å². The third kappa shape index (κ3) is 4.71. The fourth-order valence-electron chi connectivity index (χ4n) is 3.77. The number of anilines is 1. The summed E-state index contributed by atoms with van der Waals surface area (Å²) in [6.07, 6.45) is 2.29. The lowest BCUT2D eigenvalue weighted by Gasteiger charge is -2.36. The highest BCUT2D eigenvalue weighted by Gasteiger charge is 2.20. The molecular formula is C19H27ClN4O2S. The Bertz CT molecular complexity index is 757. The van der Waals surface area contributed by atoms with Crippen molar-refractivity contribution in [3.8, 4) is 0 Å². The molecule has 2 N–H and O–H groups in total. The number of fused-ring (bicyclic) bond motifs is 1. The third-order valence-electron chi connectivity index (χ3n) is 5.45. The van der Waals surface area contributed by atoms with Gasteiger partial charge in [-0.2, -0.15) is 0 Å². The van der Waals surface area contributed by atoms with E-state index in [9.17, 15) is 0 Å². The van der Waals surface area contributed by atoms with Gasteiger partial charge in [-0.05, 0) is 30.9 Å². The molecule has 0 amide bonds. The van der Waals surface area contributed by atoms with Crippen molar-refractivity contribution in [2.24, 2.45) is 5.92 Å². The number of nitrogens with one attached hydrogen (secondary N) is 1. The Kier molecular flexibility index (Phi) is 6.45. The number of benzene rings is 1. The molecule has 2 saturated heterocycles. The van der Waals surface area contributed by atoms with E-state index >= 15 is 0 Å². The van der Waals surface area contributed by atoms with E-state index in [1.54, 1.807) is 11.8 Å². The Balaban J connectivity index is 1.43. The van der Waals surface area contributed by atoms with E-state index in [0.717, 1.165) is 91.4 Å². The molecule has 1 aromatic heterocycles. The van der Waals surface area contributed by atoms with Crippen LogP contribution >= 0.6 is 23.4 Å². The quantitative estimate of drug-likeness (QED) is 0.714. The van der Waals surface area contributed by atoms with Crippen LogP contribution in [0.3, 0.4) is 0 Å². The molecule has 148 valence electrons. The molecule has 2 fully saturated rings. The van der Waals surface area contributed by atoms with Gasteiger partial charge in [-0.1, -0.05) is 23.4 Å². The summed E-state index contributed by atoms with van der Waals surface area (Å²) in [6.45, 7) is 6.46. The zero-order valence-corrected chi connectivity index (χ0v) is 17.1. The van der Waals surface area contributed by atoms with Gasteiger partial charge in [-0.25, -0.2) is 4.98 Å². The molecule has 8 heteroatoms. The first kappa shape index (κ1) is 19.3. The van der Waals surface area contributed by atoms with Crippen molar-refractivity contribution < 1.29 is 9.84 Å². The predicted molar refractivity (Wildman–Crippen MR) is 111 cm³/mol. The second kappa shape index (κ2) is 9.01. The predicted octanol–water partition coefficient (Wildman–Crippen LogP) is 2.85. The minimum Gasteiger partial charge on any atom is -0.395 e. The number of thioether (sulfide) groups is 1. The van der Waals surface area contributed by atoms with Gasteiger partial charge in [-0.15, -0.1) is 0 Å². The zero-order valence-electron chi connectivity index (χ0n) is 15.5.